The molecule has 1 saturated heterocycles. The van der Waals surface area contributed by atoms with Gasteiger partial charge in [0.15, 0.2) is 0 Å². The van der Waals surface area contributed by atoms with Crippen LogP contribution in [0.1, 0.15) is 36.5 Å². The van der Waals surface area contributed by atoms with Crippen LogP contribution in [0, 0.1) is 0 Å². The molecule has 0 aliphatic carbocycles. The van der Waals surface area contributed by atoms with Crippen LogP contribution >= 0.6 is 11.6 Å². The van der Waals surface area contributed by atoms with Crippen LogP contribution in [0.3, 0.4) is 0 Å². The van der Waals surface area contributed by atoms with Crippen LogP contribution in [0.25, 0.3) is 5.69 Å². The van der Waals surface area contributed by atoms with Crippen molar-refractivity contribution in [3.8, 4) is 5.69 Å². The van der Waals surface area contributed by atoms with Crippen LogP contribution in [0.2, 0.25) is 5.02 Å². The molecule has 6 heteroatoms. The molecule has 0 radical (unpaired) electrons. The molecule has 2 atom stereocenters. The zero-order valence-corrected chi connectivity index (χ0v) is 13.8. The minimum Gasteiger partial charge on any atom is -0.391 e. The normalized spacial score (nSPS) is 19.6. The highest BCUT2D eigenvalue weighted by molar-refractivity contribution is 6.30. The van der Waals surface area contributed by atoms with Gasteiger partial charge in [0, 0.05) is 17.8 Å². The molecule has 0 bridgehead atoms. The van der Waals surface area contributed by atoms with Crippen molar-refractivity contribution < 1.29 is 9.90 Å². The van der Waals surface area contributed by atoms with Crippen LogP contribution in [0.5, 0.6) is 0 Å². The highest BCUT2D eigenvalue weighted by atomic mass is 35.5. The van der Waals surface area contributed by atoms with E-state index in [-0.39, 0.29) is 11.9 Å². The molecule has 2 unspecified atom stereocenters. The third-order valence-electron chi connectivity index (χ3n) is 4.29. The van der Waals surface area contributed by atoms with Gasteiger partial charge >= 0.3 is 0 Å². The molecule has 1 amide bonds. The number of halogens is 1. The third kappa shape index (κ3) is 3.41. The number of carbonyl (C=O) groups excluding carboxylic acids is 1. The van der Waals surface area contributed by atoms with Crippen molar-refractivity contribution in [1.29, 1.82) is 0 Å². The summed E-state index contributed by atoms with van der Waals surface area (Å²) in [4.78, 5) is 14.5. The number of aliphatic hydroxyl groups excluding tert-OH is 1. The number of piperidine rings is 1. The van der Waals surface area contributed by atoms with E-state index in [0.717, 1.165) is 24.9 Å². The Morgan fingerprint density at radius 1 is 1.35 bits per heavy atom. The van der Waals surface area contributed by atoms with E-state index in [1.54, 1.807) is 41.0 Å². The number of aromatic nitrogens is 2. The average molecular weight is 334 g/mol. The van der Waals surface area contributed by atoms with E-state index in [1.165, 1.54) is 0 Å². The van der Waals surface area contributed by atoms with E-state index in [9.17, 15) is 9.90 Å². The van der Waals surface area contributed by atoms with E-state index in [4.69, 9.17) is 11.6 Å². The van der Waals surface area contributed by atoms with Gasteiger partial charge in [0.1, 0.15) is 0 Å². The summed E-state index contributed by atoms with van der Waals surface area (Å²) in [6.07, 6.45) is 5.63. The number of rotatable bonds is 3. The van der Waals surface area contributed by atoms with Crippen molar-refractivity contribution >= 4 is 17.5 Å². The molecule has 1 aromatic heterocycles. The second kappa shape index (κ2) is 6.72. The second-order valence-corrected chi connectivity index (χ2v) is 6.39. The standard InChI is InChI=1S/C17H20ClN3O2/c1-12(22)16-4-2-3-9-20(16)17(23)13-10-19-21(11-13)15-7-5-14(18)6-8-15/h5-8,10-12,16,22H,2-4,9H2,1H3. The number of carbonyl (C=O) groups is 1. The molecule has 1 fully saturated rings. The Morgan fingerprint density at radius 2 is 2.09 bits per heavy atom. The summed E-state index contributed by atoms with van der Waals surface area (Å²) in [6.45, 7) is 2.42. The minimum absolute atomic E-state index is 0.0733. The van der Waals surface area contributed by atoms with E-state index in [0.29, 0.717) is 17.1 Å². The zero-order chi connectivity index (χ0) is 16.4. The average Bonchev–Trinajstić information content (AvgIpc) is 3.04. The maximum absolute atomic E-state index is 12.8. The minimum atomic E-state index is -0.523. The van der Waals surface area contributed by atoms with Gasteiger partial charge in [-0.05, 0) is 50.5 Å². The first-order valence-corrected chi connectivity index (χ1v) is 8.23. The predicted molar refractivity (Wildman–Crippen MR) is 88.9 cm³/mol. The van der Waals surface area contributed by atoms with Crippen molar-refractivity contribution in [3.05, 3.63) is 47.2 Å². The topological polar surface area (TPSA) is 58.4 Å². The molecule has 1 aliphatic rings. The molecular weight excluding hydrogens is 314 g/mol. The number of hydrogen-bond donors (Lipinski definition) is 1. The van der Waals surface area contributed by atoms with Crippen molar-refractivity contribution in [2.24, 2.45) is 0 Å². The molecule has 3 rings (SSSR count). The molecule has 0 saturated carbocycles. The Bertz CT molecular complexity index is 681. The maximum atomic E-state index is 12.8. The fraction of sp³-hybridized carbons (Fsp3) is 0.412. The van der Waals surface area contributed by atoms with Gasteiger partial charge in [-0.15, -0.1) is 0 Å². The van der Waals surface area contributed by atoms with Crippen molar-refractivity contribution in [2.45, 2.75) is 38.3 Å². The fourth-order valence-electron chi connectivity index (χ4n) is 3.05. The summed E-state index contributed by atoms with van der Waals surface area (Å²) in [5.41, 5.74) is 1.38. The van der Waals surface area contributed by atoms with Crippen LogP contribution < -0.4 is 0 Å². The smallest absolute Gasteiger partial charge is 0.257 e. The lowest BCUT2D eigenvalue weighted by Gasteiger charge is -2.37. The van der Waals surface area contributed by atoms with E-state index < -0.39 is 6.10 Å². The summed E-state index contributed by atoms with van der Waals surface area (Å²) in [6, 6.07) is 7.16. The number of aliphatic hydroxyl groups is 1. The van der Waals surface area contributed by atoms with Gasteiger partial charge in [-0.3, -0.25) is 4.79 Å². The molecular formula is C17H20ClN3O2. The van der Waals surface area contributed by atoms with E-state index in [1.807, 2.05) is 12.1 Å². The van der Waals surface area contributed by atoms with E-state index >= 15 is 0 Å². The first-order valence-electron chi connectivity index (χ1n) is 7.86. The quantitative estimate of drug-likeness (QED) is 0.939. The van der Waals surface area contributed by atoms with Crippen molar-refractivity contribution in [3.63, 3.8) is 0 Å². The molecule has 2 heterocycles. The number of amides is 1. The number of benzene rings is 1. The van der Waals surface area contributed by atoms with Gasteiger partial charge in [0.25, 0.3) is 5.91 Å². The Hall–Kier alpha value is -1.85. The van der Waals surface area contributed by atoms with Gasteiger partial charge in [-0.2, -0.15) is 5.10 Å². The monoisotopic (exact) mass is 333 g/mol. The summed E-state index contributed by atoms with van der Waals surface area (Å²) in [5, 5.41) is 14.8. The van der Waals surface area contributed by atoms with Gasteiger partial charge in [0.2, 0.25) is 0 Å². The molecule has 1 N–H and O–H groups in total. The summed E-state index contributed by atoms with van der Waals surface area (Å²) < 4.78 is 1.66. The van der Waals surface area contributed by atoms with Gasteiger partial charge in [-0.25, -0.2) is 4.68 Å². The molecule has 23 heavy (non-hydrogen) atoms. The van der Waals surface area contributed by atoms with Gasteiger partial charge in [0.05, 0.1) is 29.6 Å². The Kier molecular flexibility index (Phi) is 4.68. The lowest BCUT2D eigenvalue weighted by atomic mass is 9.97. The number of nitrogens with zero attached hydrogens (tertiary/aromatic N) is 3. The highest BCUT2D eigenvalue weighted by Gasteiger charge is 2.31. The zero-order valence-electron chi connectivity index (χ0n) is 13.0. The molecule has 1 aliphatic heterocycles. The van der Waals surface area contributed by atoms with Crippen molar-refractivity contribution in [2.75, 3.05) is 6.54 Å². The second-order valence-electron chi connectivity index (χ2n) is 5.95. The maximum Gasteiger partial charge on any atom is 0.257 e. The Labute approximate surface area is 140 Å². The highest BCUT2D eigenvalue weighted by Crippen LogP contribution is 2.22. The van der Waals surface area contributed by atoms with E-state index in [2.05, 4.69) is 5.10 Å². The third-order valence-corrected chi connectivity index (χ3v) is 4.54. The molecule has 0 spiro atoms. The molecule has 5 nitrogen and oxygen atoms in total. The van der Waals surface area contributed by atoms with Crippen LogP contribution in [-0.4, -0.2) is 44.4 Å². The molecule has 2 aromatic rings. The van der Waals surface area contributed by atoms with Gasteiger partial charge < -0.3 is 10.0 Å². The largest absolute Gasteiger partial charge is 0.391 e. The Balaban J connectivity index is 1.81. The summed E-state index contributed by atoms with van der Waals surface area (Å²) in [5.74, 6) is -0.0733. The van der Waals surface area contributed by atoms with Crippen LogP contribution in [0.4, 0.5) is 0 Å². The first kappa shape index (κ1) is 16.0. The number of likely N-dealkylation sites (tertiary alicyclic amines) is 1. The lowest BCUT2D eigenvalue weighted by Crippen LogP contribution is -2.48. The Morgan fingerprint density at radius 3 is 2.78 bits per heavy atom. The van der Waals surface area contributed by atoms with Crippen LogP contribution in [0.15, 0.2) is 36.7 Å². The lowest BCUT2D eigenvalue weighted by molar-refractivity contribution is 0.0281. The number of hydrogen-bond acceptors (Lipinski definition) is 3. The fourth-order valence-corrected chi connectivity index (χ4v) is 3.17. The predicted octanol–water partition coefficient (Wildman–Crippen LogP) is 2.90. The first-order chi connectivity index (χ1) is 11.1. The van der Waals surface area contributed by atoms with Crippen LogP contribution in [-0.2, 0) is 0 Å². The summed E-state index contributed by atoms with van der Waals surface area (Å²) >= 11 is 5.89. The van der Waals surface area contributed by atoms with Crippen molar-refractivity contribution in [1.82, 2.24) is 14.7 Å². The van der Waals surface area contributed by atoms with Gasteiger partial charge in [-0.1, -0.05) is 11.6 Å². The molecule has 122 valence electrons. The summed E-state index contributed by atoms with van der Waals surface area (Å²) in [7, 11) is 0. The SMILES string of the molecule is CC(O)C1CCCCN1C(=O)c1cnn(-c2ccc(Cl)cc2)c1. The molecule has 1 aromatic carbocycles.